The summed E-state index contributed by atoms with van der Waals surface area (Å²) in [6, 6.07) is 65.6. The number of anilines is 1. The number of allylic oxidation sites excluding steroid dienone is 4. The van der Waals surface area contributed by atoms with E-state index in [0.29, 0.717) is 0 Å². The minimum atomic E-state index is -0.475. The number of hydrogen-bond acceptors (Lipinski definition) is 1. The highest BCUT2D eigenvalue weighted by Crippen LogP contribution is 2.65. The first-order valence-electron chi connectivity index (χ1n) is 18.5. The van der Waals surface area contributed by atoms with Gasteiger partial charge in [0, 0.05) is 12.2 Å². The summed E-state index contributed by atoms with van der Waals surface area (Å²) in [5, 5.41) is 3.82. The second-order valence-corrected chi connectivity index (χ2v) is 14.3. The molecule has 248 valence electrons. The van der Waals surface area contributed by atoms with Crippen LogP contribution in [0.15, 0.2) is 200 Å². The molecule has 0 aromatic heterocycles. The fraction of sp³-hybridized carbons (Fsp3) is 0.0980. The van der Waals surface area contributed by atoms with E-state index < -0.39 is 10.8 Å². The fourth-order valence-corrected chi connectivity index (χ4v) is 9.63. The lowest BCUT2D eigenvalue weighted by atomic mass is 9.50. The minimum Gasteiger partial charge on any atom is -0.381 e. The second-order valence-electron chi connectivity index (χ2n) is 14.3. The molecule has 0 heterocycles. The van der Waals surface area contributed by atoms with Crippen molar-refractivity contribution in [3.63, 3.8) is 0 Å². The van der Waals surface area contributed by atoms with Gasteiger partial charge in [-0.15, -0.1) is 0 Å². The molecule has 7 aromatic carbocycles. The van der Waals surface area contributed by atoms with Crippen molar-refractivity contribution in [2.24, 2.45) is 0 Å². The van der Waals surface area contributed by atoms with Gasteiger partial charge in [-0.3, -0.25) is 0 Å². The van der Waals surface area contributed by atoms with Crippen molar-refractivity contribution in [3.05, 3.63) is 244 Å². The summed E-state index contributed by atoms with van der Waals surface area (Å²) in [7, 11) is 0. The van der Waals surface area contributed by atoms with Gasteiger partial charge in [-0.1, -0.05) is 188 Å². The monoisotopic (exact) mass is 665 g/mol. The van der Waals surface area contributed by atoms with E-state index in [0.717, 1.165) is 25.1 Å². The van der Waals surface area contributed by atoms with Crippen LogP contribution in [0.25, 0.3) is 22.3 Å². The van der Waals surface area contributed by atoms with E-state index >= 15 is 0 Å². The summed E-state index contributed by atoms with van der Waals surface area (Å²) >= 11 is 0. The second kappa shape index (κ2) is 12.2. The average molecular weight is 666 g/mol. The Bertz CT molecular complexity index is 2450. The molecule has 10 rings (SSSR count). The molecule has 0 atom stereocenters. The molecule has 1 N–H and O–H groups in total. The van der Waals surface area contributed by atoms with Gasteiger partial charge in [-0.05, 0) is 91.7 Å². The number of rotatable bonds is 6. The van der Waals surface area contributed by atoms with E-state index in [4.69, 9.17) is 0 Å². The Hall–Kier alpha value is -6.18. The Balaban J connectivity index is 1.17. The zero-order chi connectivity index (χ0) is 34.5. The van der Waals surface area contributed by atoms with Gasteiger partial charge in [0.25, 0.3) is 0 Å². The van der Waals surface area contributed by atoms with Crippen LogP contribution >= 0.6 is 0 Å². The lowest BCUT2D eigenvalue weighted by molar-refractivity contribution is 0.595. The molecule has 1 nitrogen and oxygen atoms in total. The predicted molar refractivity (Wildman–Crippen MR) is 216 cm³/mol. The van der Waals surface area contributed by atoms with Gasteiger partial charge in [0.05, 0.1) is 10.8 Å². The minimum absolute atomic E-state index is 0.413. The van der Waals surface area contributed by atoms with E-state index in [2.05, 4.69) is 199 Å². The maximum atomic E-state index is 3.82. The van der Waals surface area contributed by atoms with Gasteiger partial charge in [-0.25, -0.2) is 0 Å². The van der Waals surface area contributed by atoms with Gasteiger partial charge < -0.3 is 5.32 Å². The Morgan fingerprint density at radius 1 is 0.462 bits per heavy atom. The van der Waals surface area contributed by atoms with Crippen molar-refractivity contribution in [1.29, 1.82) is 0 Å². The Morgan fingerprint density at radius 3 is 1.67 bits per heavy atom. The van der Waals surface area contributed by atoms with Crippen LogP contribution < -0.4 is 5.32 Å². The normalized spacial score (nSPS) is 19.3. The van der Waals surface area contributed by atoms with Gasteiger partial charge in [-0.2, -0.15) is 0 Å². The number of nitrogens with one attached hydrogen (secondary N) is 1. The molecule has 0 bridgehead atoms. The number of fused-ring (bicyclic) bond motifs is 9. The van der Waals surface area contributed by atoms with E-state index in [1.807, 2.05) is 0 Å². The fourth-order valence-electron chi connectivity index (χ4n) is 9.63. The summed E-state index contributed by atoms with van der Waals surface area (Å²) in [6.45, 7) is 0.750. The zero-order valence-electron chi connectivity index (χ0n) is 29.1. The smallest absolute Gasteiger partial charge is 0.0720 e. The summed E-state index contributed by atoms with van der Waals surface area (Å²) in [5.74, 6) is 0. The van der Waals surface area contributed by atoms with Gasteiger partial charge in [0.1, 0.15) is 0 Å². The predicted octanol–water partition coefficient (Wildman–Crippen LogP) is 12.3. The summed E-state index contributed by atoms with van der Waals surface area (Å²) < 4.78 is 0. The molecule has 0 radical (unpaired) electrons. The van der Waals surface area contributed by atoms with E-state index in [1.54, 1.807) is 0 Å². The summed E-state index contributed by atoms with van der Waals surface area (Å²) in [5.41, 5.74) is 17.6. The van der Waals surface area contributed by atoms with Crippen LogP contribution in [0.2, 0.25) is 0 Å². The molecule has 1 spiro atoms. The third-order valence-electron chi connectivity index (χ3n) is 11.8. The van der Waals surface area contributed by atoms with Gasteiger partial charge >= 0.3 is 0 Å². The molecule has 1 heteroatoms. The first kappa shape index (κ1) is 30.6. The molecule has 3 aliphatic rings. The Morgan fingerprint density at radius 2 is 1.02 bits per heavy atom. The lowest BCUT2D eigenvalue weighted by Crippen LogP contribution is -2.45. The first-order chi connectivity index (χ1) is 25.8. The third kappa shape index (κ3) is 4.42. The highest BCUT2D eigenvalue weighted by molar-refractivity contribution is 5.90. The van der Waals surface area contributed by atoms with Crippen molar-refractivity contribution in [2.75, 3.05) is 5.32 Å². The van der Waals surface area contributed by atoms with E-state index in [-0.39, 0.29) is 0 Å². The van der Waals surface area contributed by atoms with Crippen molar-refractivity contribution in [2.45, 2.75) is 30.2 Å². The maximum Gasteiger partial charge on any atom is 0.0720 e. The first-order valence-corrected chi connectivity index (χ1v) is 18.5. The highest BCUT2D eigenvalue weighted by atomic mass is 14.9. The van der Waals surface area contributed by atoms with E-state index in [9.17, 15) is 0 Å². The van der Waals surface area contributed by atoms with Crippen LogP contribution in [0.5, 0.6) is 0 Å². The van der Waals surface area contributed by atoms with Crippen molar-refractivity contribution in [3.8, 4) is 22.3 Å². The third-order valence-corrected chi connectivity index (χ3v) is 11.8. The standard InChI is InChI=1S/C51H39N/c1-4-16-37(17-5-1)38-30-28-36(29-31-38)35-52-41-32-33-43-42-22-10-11-23-44(42)51(49(43)34-41)47-26-14-12-24-45(47)50(39-18-6-2-7-19-39,40-20-8-3-9-21-40)46-25-13-15-27-48(46)51/h1-8,10-20,22-34,52H,9,21,35H2. The molecule has 0 unspecified atom stereocenters. The van der Waals surface area contributed by atoms with Gasteiger partial charge in [0.15, 0.2) is 0 Å². The quantitative estimate of drug-likeness (QED) is 0.186. The molecular weight excluding hydrogens is 627 g/mol. The molecule has 3 aliphatic carbocycles. The lowest BCUT2D eigenvalue weighted by Gasteiger charge is -2.51. The number of benzene rings is 7. The van der Waals surface area contributed by atoms with Crippen LogP contribution in [-0.2, 0) is 17.4 Å². The SMILES string of the molecule is C1=CCCC(C2(c3ccccc3)c3ccccc3C3(c4ccccc4-c4ccc(NCc5ccc(-c6ccccc6)cc5)cc43)c3ccccc32)=C1. The number of hydrogen-bond donors (Lipinski definition) is 1. The highest BCUT2D eigenvalue weighted by Gasteiger charge is 2.57. The van der Waals surface area contributed by atoms with Crippen LogP contribution in [0.4, 0.5) is 5.69 Å². The average Bonchev–Trinajstić information content (AvgIpc) is 3.52. The zero-order valence-corrected chi connectivity index (χ0v) is 29.1. The molecule has 7 aromatic rings. The largest absolute Gasteiger partial charge is 0.381 e. The maximum absolute atomic E-state index is 3.82. The Kier molecular flexibility index (Phi) is 7.22. The molecule has 0 amide bonds. The van der Waals surface area contributed by atoms with Crippen molar-refractivity contribution in [1.82, 2.24) is 0 Å². The van der Waals surface area contributed by atoms with Gasteiger partial charge in [0.2, 0.25) is 0 Å². The molecular formula is C51H39N. The summed E-state index contributed by atoms with van der Waals surface area (Å²) in [4.78, 5) is 0. The molecule has 0 saturated heterocycles. The van der Waals surface area contributed by atoms with Crippen molar-refractivity contribution >= 4 is 5.69 Å². The van der Waals surface area contributed by atoms with E-state index in [1.165, 1.54) is 72.3 Å². The Labute approximate surface area is 306 Å². The van der Waals surface area contributed by atoms with Crippen molar-refractivity contribution < 1.29 is 0 Å². The molecule has 0 saturated carbocycles. The summed E-state index contributed by atoms with van der Waals surface area (Å²) in [6.07, 6.45) is 9.04. The molecule has 0 aliphatic heterocycles. The van der Waals surface area contributed by atoms with Crippen LogP contribution in [0, 0.1) is 0 Å². The van der Waals surface area contributed by atoms with Crippen LogP contribution in [0.1, 0.15) is 57.3 Å². The topological polar surface area (TPSA) is 12.0 Å². The van der Waals surface area contributed by atoms with Crippen LogP contribution in [-0.4, -0.2) is 0 Å². The molecule has 0 fully saturated rings. The molecule has 52 heavy (non-hydrogen) atoms. The van der Waals surface area contributed by atoms with Crippen LogP contribution in [0.3, 0.4) is 0 Å².